The predicted octanol–water partition coefficient (Wildman–Crippen LogP) is 2.32. The molecule has 88 valence electrons. The number of nitrogens with two attached hydrogens (primary N) is 1. The molecule has 0 aromatic heterocycles. The van der Waals surface area contributed by atoms with Gasteiger partial charge >= 0.3 is 0 Å². The lowest BCUT2D eigenvalue weighted by atomic mass is 10.1. The normalized spacial score (nSPS) is 17.4. The molecule has 0 heterocycles. The summed E-state index contributed by atoms with van der Waals surface area (Å²) < 4.78 is 1.14. The molecule has 0 saturated heterocycles. The summed E-state index contributed by atoms with van der Waals surface area (Å²) in [7, 11) is 0. The molecule has 0 aliphatic heterocycles. The summed E-state index contributed by atoms with van der Waals surface area (Å²) >= 11 is 3.44. The molecule has 1 aromatic rings. The van der Waals surface area contributed by atoms with Crippen LogP contribution in [0.1, 0.15) is 18.4 Å². The molecular formula is C13H19BrN2. The van der Waals surface area contributed by atoms with Crippen LogP contribution in [0.2, 0.25) is 0 Å². The van der Waals surface area contributed by atoms with Crippen molar-refractivity contribution in [2.75, 3.05) is 19.6 Å². The molecule has 1 fully saturated rings. The van der Waals surface area contributed by atoms with E-state index in [1.807, 2.05) is 0 Å². The van der Waals surface area contributed by atoms with Crippen LogP contribution >= 0.6 is 15.9 Å². The van der Waals surface area contributed by atoms with Gasteiger partial charge in [-0.2, -0.15) is 0 Å². The van der Waals surface area contributed by atoms with Crippen molar-refractivity contribution in [2.45, 2.75) is 19.3 Å². The van der Waals surface area contributed by atoms with Crippen molar-refractivity contribution in [3.05, 3.63) is 34.3 Å². The molecule has 0 bridgehead atoms. The second-order valence-electron chi connectivity index (χ2n) is 4.76. The van der Waals surface area contributed by atoms with Gasteiger partial charge in [-0.05, 0) is 55.5 Å². The largest absolute Gasteiger partial charge is 0.330 e. The summed E-state index contributed by atoms with van der Waals surface area (Å²) in [5, 5.41) is 3.51. The maximum Gasteiger partial charge on any atom is 0.0175 e. The van der Waals surface area contributed by atoms with Gasteiger partial charge in [-0.25, -0.2) is 0 Å². The highest BCUT2D eigenvalue weighted by atomic mass is 79.9. The molecule has 0 spiro atoms. The third-order valence-electron chi connectivity index (χ3n) is 3.39. The van der Waals surface area contributed by atoms with Crippen molar-refractivity contribution in [3.8, 4) is 0 Å². The Morgan fingerprint density at radius 2 is 1.94 bits per heavy atom. The Morgan fingerprint density at radius 3 is 2.50 bits per heavy atom. The van der Waals surface area contributed by atoms with Crippen LogP contribution in [0.5, 0.6) is 0 Å². The lowest BCUT2D eigenvalue weighted by Crippen LogP contribution is -2.30. The van der Waals surface area contributed by atoms with Gasteiger partial charge in [-0.15, -0.1) is 0 Å². The van der Waals surface area contributed by atoms with Gasteiger partial charge in [0.05, 0.1) is 0 Å². The van der Waals surface area contributed by atoms with Gasteiger partial charge in [0.1, 0.15) is 0 Å². The fraction of sp³-hybridized carbons (Fsp3) is 0.538. The van der Waals surface area contributed by atoms with Crippen LogP contribution in [-0.4, -0.2) is 19.6 Å². The zero-order valence-electron chi connectivity index (χ0n) is 9.51. The van der Waals surface area contributed by atoms with Crippen LogP contribution < -0.4 is 11.1 Å². The molecule has 3 N–H and O–H groups in total. The fourth-order valence-corrected chi connectivity index (χ4v) is 2.13. The summed E-state index contributed by atoms with van der Waals surface area (Å²) in [6, 6.07) is 8.53. The average Bonchev–Trinajstić information content (AvgIpc) is 3.08. The van der Waals surface area contributed by atoms with Gasteiger partial charge < -0.3 is 11.1 Å². The number of hydrogen-bond donors (Lipinski definition) is 2. The number of halogens is 1. The lowest BCUT2D eigenvalue weighted by Gasteiger charge is -2.13. The number of benzene rings is 1. The third-order valence-corrected chi connectivity index (χ3v) is 3.92. The second-order valence-corrected chi connectivity index (χ2v) is 5.67. The molecule has 0 amide bonds. The van der Waals surface area contributed by atoms with E-state index in [0.29, 0.717) is 5.41 Å². The second kappa shape index (κ2) is 5.30. The van der Waals surface area contributed by atoms with E-state index in [9.17, 15) is 0 Å². The van der Waals surface area contributed by atoms with E-state index in [0.717, 1.165) is 30.5 Å². The number of hydrogen-bond acceptors (Lipinski definition) is 2. The topological polar surface area (TPSA) is 38.0 Å². The van der Waals surface area contributed by atoms with Crippen molar-refractivity contribution in [3.63, 3.8) is 0 Å². The highest BCUT2D eigenvalue weighted by Crippen LogP contribution is 2.43. The third kappa shape index (κ3) is 3.30. The molecule has 1 aliphatic carbocycles. The van der Waals surface area contributed by atoms with Crippen LogP contribution in [0.3, 0.4) is 0 Å². The van der Waals surface area contributed by atoms with Crippen molar-refractivity contribution >= 4 is 15.9 Å². The molecule has 16 heavy (non-hydrogen) atoms. The first kappa shape index (κ1) is 12.1. The fourth-order valence-electron chi connectivity index (χ4n) is 1.87. The molecule has 1 aromatic carbocycles. The molecular weight excluding hydrogens is 264 g/mol. The van der Waals surface area contributed by atoms with E-state index in [1.54, 1.807) is 0 Å². The monoisotopic (exact) mass is 282 g/mol. The van der Waals surface area contributed by atoms with E-state index >= 15 is 0 Å². The highest BCUT2D eigenvalue weighted by Gasteiger charge is 2.40. The first-order valence-corrected chi connectivity index (χ1v) is 6.69. The summed E-state index contributed by atoms with van der Waals surface area (Å²) in [6.07, 6.45) is 3.69. The summed E-state index contributed by atoms with van der Waals surface area (Å²) in [6.45, 7) is 2.96. The van der Waals surface area contributed by atoms with Crippen LogP contribution in [0.4, 0.5) is 0 Å². The summed E-state index contributed by atoms with van der Waals surface area (Å²) in [5.41, 5.74) is 7.56. The van der Waals surface area contributed by atoms with Crippen molar-refractivity contribution in [1.29, 1.82) is 0 Å². The minimum Gasteiger partial charge on any atom is -0.330 e. The maximum atomic E-state index is 5.73. The van der Waals surface area contributed by atoms with Gasteiger partial charge in [-0.3, -0.25) is 0 Å². The van der Waals surface area contributed by atoms with E-state index in [4.69, 9.17) is 5.73 Å². The average molecular weight is 283 g/mol. The standard InChI is InChI=1S/C13H19BrN2/c14-12-3-1-11(2-4-12)5-8-16-10-13(9-15)6-7-13/h1-4,16H,5-10,15H2. The Kier molecular flexibility index (Phi) is 4.00. The van der Waals surface area contributed by atoms with Crippen molar-refractivity contribution in [2.24, 2.45) is 11.1 Å². The quantitative estimate of drug-likeness (QED) is 0.786. The van der Waals surface area contributed by atoms with Crippen LogP contribution in [-0.2, 0) is 6.42 Å². The maximum absolute atomic E-state index is 5.73. The van der Waals surface area contributed by atoms with E-state index in [-0.39, 0.29) is 0 Å². The molecule has 0 unspecified atom stereocenters. The van der Waals surface area contributed by atoms with Crippen LogP contribution in [0, 0.1) is 5.41 Å². The Morgan fingerprint density at radius 1 is 1.25 bits per heavy atom. The van der Waals surface area contributed by atoms with Gasteiger partial charge in [-0.1, -0.05) is 28.1 Å². The SMILES string of the molecule is NCC1(CNCCc2ccc(Br)cc2)CC1. The van der Waals surface area contributed by atoms with E-state index in [1.165, 1.54) is 18.4 Å². The first-order chi connectivity index (χ1) is 7.74. The molecule has 2 nitrogen and oxygen atoms in total. The molecule has 2 rings (SSSR count). The number of rotatable bonds is 6. The minimum atomic E-state index is 0.444. The van der Waals surface area contributed by atoms with Crippen LogP contribution in [0.25, 0.3) is 0 Å². The lowest BCUT2D eigenvalue weighted by molar-refractivity contribution is 0.470. The van der Waals surface area contributed by atoms with Crippen molar-refractivity contribution < 1.29 is 0 Å². The highest BCUT2D eigenvalue weighted by molar-refractivity contribution is 9.10. The number of nitrogens with one attached hydrogen (secondary N) is 1. The van der Waals surface area contributed by atoms with Crippen LogP contribution in [0.15, 0.2) is 28.7 Å². The van der Waals surface area contributed by atoms with E-state index in [2.05, 4.69) is 45.5 Å². The van der Waals surface area contributed by atoms with Gasteiger partial charge in [0.15, 0.2) is 0 Å². The zero-order valence-corrected chi connectivity index (χ0v) is 11.1. The van der Waals surface area contributed by atoms with Crippen molar-refractivity contribution in [1.82, 2.24) is 5.32 Å². The molecule has 1 saturated carbocycles. The van der Waals surface area contributed by atoms with Gasteiger partial charge in [0, 0.05) is 11.0 Å². The smallest absolute Gasteiger partial charge is 0.0175 e. The van der Waals surface area contributed by atoms with Gasteiger partial charge in [0.2, 0.25) is 0 Å². The first-order valence-electron chi connectivity index (χ1n) is 5.89. The van der Waals surface area contributed by atoms with Gasteiger partial charge in [0.25, 0.3) is 0 Å². The molecule has 1 aliphatic rings. The minimum absolute atomic E-state index is 0.444. The summed E-state index contributed by atoms with van der Waals surface area (Å²) in [5.74, 6) is 0. The van der Waals surface area contributed by atoms with E-state index < -0.39 is 0 Å². The molecule has 0 radical (unpaired) electrons. The summed E-state index contributed by atoms with van der Waals surface area (Å²) in [4.78, 5) is 0. The Labute approximate surface area is 106 Å². The molecule has 3 heteroatoms. The Balaban J connectivity index is 1.66. The molecule has 0 atom stereocenters. The zero-order chi connectivity index (χ0) is 11.4. The Hall–Kier alpha value is -0.380. The Bertz CT molecular complexity index is 330. The predicted molar refractivity (Wildman–Crippen MR) is 71.4 cm³/mol.